The Kier molecular flexibility index (Phi) is 3.67. The molecule has 1 N–H and O–H groups in total. The van der Waals surface area contributed by atoms with Crippen LogP contribution in [0.2, 0.25) is 0 Å². The van der Waals surface area contributed by atoms with Crippen LogP contribution in [0.3, 0.4) is 0 Å². The van der Waals surface area contributed by atoms with Crippen molar-refractivity contribution in [1.82, 2.24) is 0 Å². The second-order valence-corrected chi connectivity index (χ2v) is 3.44. The maximum absolute atomic E-state index is 7.83. The van der Waals surface area contributed by atoms with E-state index in [4.69, 9.17) is 19.6 Å². The van der Waals surface area contributed by atoms with Crippen molar-refractivity contribution in [2.45, 2.75) is 6.10 Å². The number of allylic oxidation sites excluding steroid dienone is 1. The molecule has 0 amide bonds. The third-order valence-electron chi connectivity index (χ3n) is 1.99. The Hall–Kier alpha value is -0.860. The minimum absolute atomic E-state index is 0.277. The van der Waals surface area contributed by atoms with E-state index >= 15 is 0 Å². The second-order valence-electron chi connectivity index (χ2n) is 2.78. The molecule has 1 aliphatic carbocycles. The summed E-state index contributed by atoms with van der Waals surface area (Å²) in [6.45, 7) is 0. The average Bonchev–Trinajstić information content (AvgIpc) is 2.17. The molecular weight excluding hydrogens is 201 g/mol. The number of rotatable bonds is 3. The van der Waals surface area contributed by atoms with Crippen molar-refractivity contribution >= 4 is 15.0 Å². The van der Waals surface area contributed by atoms with Gasteiger partial charge in [0, 0.05) is 7.11 Å². The fourth-order valence-electron chi connectivity index (χ4n) is 1.33. The molecule has 0 spiro atoms. The molecule has 0 aromatic carbocycles. The van der Waals surface area contributed by atoms with Crippen LogP contribution >= 0.6 is 9.24 Å². The largest absolute Gasteiger partial charge is 0.493 e. The Morgan fingerprint density at radius 3 is 2.36 bits per heavy atom. The van der Waals surface area contributed by atoms with Crippen LogP contribution in [0.25, 0.3) is 0 Å². The number of ether oxygens (including phenoxy) is 3. The molecule has 0 fully saturated rings. The average molecular weight is 215 g/mol. The van der Waals surface area contributed by atoms with Crippen molar-refractivity contribution in [3.63, 3.8) is 0 Å². The van der Waals surface area contributed by atoms with Crippen LogP contribution in [0.15, 0.2) is 22.9 Å². The number of methoxy groups -OCH3 is 3. The third kappa shape index (κ3) is 1.81. The van der Waals surface area contributed by atoms with Crippen LogP contribution in [-0.2, 0) is 14.2 Å². The highest BCUT2D eigenvalue weighted by atomic mass is 31.0. The lowest BCUT2D eigenvalue weighted by Crippen LogP contribution is -2.29. The first-order chi connectivity index (χ1) is 6.65. The molecule has 78 valence electrons. The van der Waals surface area contributed by atoms with E-state index in [2.05, 4.69) is 9.24 Å². The van der Waals surface area contributed by atoms with Crippen molar-refractivity contribution in [2.24, 2.45) is 0 Å². The van der Waals surface area contributed by atoms with Crippen molar-refractivity contribution < 1.29 is 14.2 Å². The van der Waals surface area contributed by atoms with E-state index in [1.165, 1.54) is 7.11 Å². The first-order valence-corrected chi connectivity index (χ1v) is 4.64. The minimum atomic E-state index is -0.367. The Morgan fingerprint density at radius 2 is 1.93 bits per heavy atom. The van der Waals surface area contributed by atoms with Gasteiger partial charge in [-0.25, -0.2) is 0 Å². The molecule has 1 rings (SSSR count). The Labute approximate surface area is 85.6 Å². The second kappa shape index (κ2) is 4.58. The molecule has 0 heterocycles. The topological polar surface area (TPSA) is 51.5 Å². The number of nitrogens with one attached hydrogen (secondary N) is 1. The minimum Gasteiger partial charge on any atom is -0.493 e. The van der Waals surface area contributed by atoms with Gasteiger partial charge in [-0.1, -0.05) is 0 Å². The van der Waals surface area contributed by atoms with Crippen molar-refractivity contribution in [1.29, 1.82) is 5.41 Å². The van der Waals surface area contributed by atoms with Crippen LogP contribution in [0.4, 0.5) is 0 Å². The maximum Gasteiger partial charge on any atom is 0.184 e. The van der Waals surface area contributed by atoms with Crippen LogP contribution in [-0.4, -0.2) is 33.1 Å². The molecule has 2 unspecified atom stereocenters. The Balaban J connectivity index is 3.11. The standard InChI is InChI=1S/C9H14NO3P/c1-11-5-4-6(14)9(13-3)7(10)8(5)12-2/h4,9-10H,14H2,1-3H3. The van der Waals surface area contributed by atoms with E-state index < -0.39 is 0 Å². The van der Waals surface area contributed by atoms with Crippen LogP contribution < -0.4 is 0 Å². The zero-order valence-corrected chi connectivity index (χ0v) is 9.61. The van der Waals surface area contributed by atoms with Crippen molar-refractivity contribution in [3.05, 3.63) is 22.9 Å². The van der Waals surface area contributed by atoms with E-state index in [-0.39, 0.29) is 11.8 Å². The Morgan fingerprint density at radius 1 is 1.29 bits per heavy atom. The summed E-state index contributed by atoms with van der Waals surface area (Å²) in [5.41, 5.74) is 0.277. The molecule has 0 aromatic rings. The quantitative estimate of drug-likeness (QED) is 0.722. The summed E-state index contributed by atoms with van der Waals surface area (Å²) in [5.74, 6) is 0.973. The molecular formula is C9H14NO3P. The lowest BCUT2D eigenvalue weighted by Gasteiger charge is -2.24. The fourth-order valence-corrected chi connectivity index (χ4v) is 1.78. The number of hydrogen-bond donors (Lipinski definition) is 1. The van der Waals surface area contributed by atoms with Gasteiger partial charge >= 0.3 is 0 Å². The van der Waals surface area contributed by atoms with E-state index in [1.54, 1.807) is 20.3 Å². The van der Waals surface area contributed by atoms with Crippen LogP contribution in [0.5, 0.6) is 0 Å². The molecule has 0 radical (unpaired) electrons. The summed E-state index contributed by atoms with van der Waals surface area (Å²) in [5, 5.41) is 8.68. The fraction of sp³-hybridized carbons (Fsp3) is 0.444. The highest BCUT2D eigenvalue weighted by molar-refractivity contribution is 7.22. The lowest BCUT2D eigenvalue weighted by molar-refractivity contribution is 0.174. The first-order valence-electron chi connectivity index (χ1n) is 4.06. The zero-order chi connectivity index (χ0) is 10.7. The van der Waals surface area contributed by atoms with E-state index in [0.717, 1.165) is 5.31 Å². The summed E-state index contributed by atoms with van der Waals surface area (Å²) in [4.78, 5) is 0. The molecule has 0 saturated carbocycles. The zero-order valence-electron chi connectivity index (χ0n) is 8.46. The molecule has 5 heteroatoms. The van der Waals surface area contributed by atoms with Gasteiger partial charge in [0.1, 0.15) is 11.8 Å². The summed E-state index contributed by atoms with van der Waals surface area (Å²) < 4.78 is 15.3. The molecule has 4 nitrogen and oxygen atoms in total. The molecule has 0 aromatic heterocycles. The van der Waals surface area contributed by atoms with Gasteiger partial charge in [-0.15, -0.1) is 9.24 Å². The van der Waals surface area contributed by atoms with Gasteiger partial charge in [-0.2, -0.15) is 0 Å². The van der Waals surface area contributed by atoms with Crippen LogP contribution in [0, 0.1) is 5.41 Å². The smallest absolute Gasteiger partial charge is 0.184 e. The van der Waals surface area contributed by atoms with Crippen molar-refractivity contribution in [2.75, 3.05) is 21.3 Å². The summed E-state index contributed by atoms with van der Waals surface area (Å²) in [7, 11) is 7.14. The van der Waals surface area contributed by atoms with Crippen molar-refractivity contribution in [3.8, 4) is 0 Å². The predicted octanol–water partition coefficient (Wildman–Crippen LogP) is 1.30. The molecule has 1 aliphatic rings. The summed E-state index contributed by atoms with van der Waals surface area (Å²) in [6.07, 6.45) is 1.42. The summed E-state index contributed by atoms with van der Waals surface area (Å²) >= 11 is 0. The number of hydrogen-bond acceptors (Lipinski definition) is 4. The lowest BCUT2D eigenvalue weighted by atomic mass is 10.1. The third-order valence-corrected chi connectivity index (χ3v) is 2.46. The maximum atomic E-state index is 7.83. The molecule has 0 aliphatic heterocycles. The molecule has 14 heavy (non-hydrogen) atoms. The predicted molar refractivity (Wildman–Crippen MR) is 57.4 cm³/mol. The highest BCUT2D eigenvalue weighted by Crippen LogP contribution is 2.28. The highest BCUT2D eigenvalue weighted by Gasteiger charge is 2.28. The normalized spacial score (nSPS) is 22.1. The van der Waals surface area contributed by atoms with Gasteiger partial charge in [0.15, 0.2) is 11.5 Å². The monoisotopic (exact) mass is 215 g/mol. The van der Waals surface area contributed by atoms with Gasteiger partial charge in [0.25, 0.3) is 0 Å². The summed E-state index contributed by atoms with van der Waals surface area (Å²) in [6, 6.07) is 0. The molecule has 0 saturated heterocycles. The first kappa shape index (κ1) is 11.2. The SMILES string of the molecule is COC1=C(OC)C(=N)C(OC)C(P)=C1. The van der Waals surface area contributed by atoms with E-state index in [0.29, 0.717) is 11.5 Å². The van der Waals surface area contributed by atoms with E-state index in [1.807, 2.05) is 0 Å². The molecule has 2 atom stereocenters. The van der Waals surface area contributed by atoms with Crippen LogP contribution in [0.1, 0.15) is 0 Å². The van der Waals surface area contributed by atoms with Gasteiger partial charge in [0.05, 0.1) is 14.2 Å². The van der Waals surface area contributed by atoms with Gasteiger partial charge in [0.2, 0.25) is 0 Å². The molecule has 0 bridgehead atoms. The van der Waals surface area contributed by atoms with Gasteiger partial charge < -0.3 is 14.2 Å². The van der Waals surface area contributed by atoms with Gasteiger partial charge in [-0.3, -0.25) is 5.41 Å². The van der Waals surface area contributed by atoms with E-state index in [9.17, 15) is 0 Å². The Bertz CT molecular complexity index is 309. The van der Waals surface area contributed by atoms with Gasteiger partial charge in [-0.05, 0) is 11.4 Å².